The summed E-state index contributed by atoms with van der Waals surface area (Å²) in [5, 5.41) is 13.8. The van der Waals surface area contributed by atoms with E-state index in [0.717, 1.165) is 38.6 Å². The molecule has 7 nitrogen and oxygen atoms in total. The van der Waals surface area contributed by atoms with Gasteiger partial charge in [-0.15, -0.1) is 11.3 Å². The maximum Gasteiger partial charge on any atom is 0.293 e. The second kappa shape index (κ2) is 7.81. The largest absolute Gasteiger partial charge is 0.358 e. The number of nitrogens with zero attached hydrogens (tertiary/aromatic N) is 3. The summed E-state index contributed by atoms with van der Waals surface area (Å²) in [5.74, 6) is 0. The van der Waals surface area contributed by atoms with Crippen molar-refractivity contribution >= 4 is 32.7 Å². The Bertz CT molecular complexity index is 954. The Hall–Kier alpha value is -1.97. The van der Waals surface area contributed by atoms with Gasteiger partial charge >= 0.3 is 0 Å². The van der Waals surface area contributed by atoms with E-state index < -0.39 is 14.9 Å². The Balaban J connectivity index is 1.71. The molecule has 28 heavy (non-hydrogen) atoms. The summed E-state index contributed by atoms with van der Waals surface area (Å²) in [6, 6.07) is 8.51. The average molecular weight is 422 g/mol. The lowest BCUT2D eigenvalue weighted by molar-refractivity contribution is -0.384. The highest BCUT2D eigenvalue weighted by atomic mass is 32.2. The number of piperidine rings is 1. The molecule has 1 aromatic carbocycles. The fourth-order valence-electron chi connectivity index (χ4n) is 4.14. The van der Waals surface area contributed by atoms with Crippen LogP contribution in [0.1, 0.15) is 43.0 Å². The summed E-state index contributed by atoms with van der Waals surface area (Å²) in [6.45, 7) is 1.68. The third-order valence-corrected chi connectivity index (χ3v) is 8.40. The van der Waals surface area contributed by atoms with Gasteiger partial charge in [0.1, 0.15) is 5.69 Å². The number of hydrogen-bond donors (Lipinski definition) is 0. The van der Waals surface area contributed by atoms with Crippen LogP contribution in [0.3, 0.4) is 0 Å². The predicted molar refractivity (Wildman–Crippen MR) is 109 cm³/mol. The molecule has 2 aliphatic heterocycles. The van der Waals surface area contributed by atoms with Crippen molar-refractivity contribution in [2.75, 3.05) is 24.5 Å². The van der Waals surface area contributed by atoms with Crippen LogP contribution >= 0.6 is 11.3 Å². The molecule has 0 N–H and O–H groups in total. The van der Waals surface area contributed by atoms with Crippen LogP contribution in [0.4, 0.5) is 11.4 Å². The van der Waals surface area contributed by atoms with Crippen molar-refractivity contribution in [2.45, 2.75) is 43.0 Å². The van der Waals surface area contributed by atoms with Gasteiger partial charge in [-0.05, 0) is 49.3 Å². The smallest absolute Gasteiger partial charge is 0.293 e. The normalized spacial score (nSPS) is 21.1. The summed E-state index contributed by atoms with van der Waals surface area (Å²) >= 11 is 1.64. The average Bonchev–Trinajstić information content (AvgIpc) is 3.39. The van der Waals surface area contributed by atoms with Crippen molar-refractivity contribution < 1.29 is 13.3 Å². The molecule has 1 aromatic heterocycles. The molecule has 0 aliphatic carbocycles. The molecule has 3 heterocycles. The van der Waals surface area contributed by atoms with E-state index in [1.165, 1.54) is 21.3 Å². The molecule has 2 fully saturated rings. The molecule has 150 valence electrons. The first-order valence-electron chi connectivity index (χ1n) is 9.57. The number of benzene rings is 1. The predicted octanol–water partition coefficient (Wildman–Crippen LogP) is 4.17. The van der Waals surface area contributed by atoms with Gasteiger partial charge in [0.05, 0.1) is 15.9 Å². The number of nitro groups is 1. The van der Waals surface area contributed by atoms with Crippen molar-refractivity contribution in [1.82, 2.24) is 4.31 Å². The zero-order valence-electron chi connectivity index (χ0n) is 15.5. The van der Waals surface area contributed by atoms with Crippen molar-refractivity contribution in [3.05, 3.63) is 50.7 Å². The minimum absolute atomic E-state index is 0.0109. The van der Waals surface area contributed by atoms with Gasteiger partial charge < -0.3 is 4.90 Å². The van der Waals surface area contributed by atoms with E-state index in [-0.39, 0.29) is 16.6 Å². The highest BCUT2D eigenvalue weighted by Gasteiger charge is 2.34. The van der Waals surface area contributed by atoms with E-state index >= 15 is 0 Å². The topological polar surface area (TPSA) is 83.8 Å². The number of rotatable bonds is 5. The quantitative estimate of drug-likeness (QED) is 0.534. The van der Waals surface area contributed by atoms with Crippen LogP contribution in [0.2, 0.25) is 0 Å². The monoisotopic (exact) mass is 421 g/mol. The molecule has 2 aromatic rings. The fraction of sp³-hybridized carbons (Fsp3) is 0.474. The fourth-order valence-corrected chi connectivity index (χ4v) is 6.55. The zero-order chi connectivity index (χ0) is 19.7. The Morgan fingerprint density at radius 2 is 1.86 bits per heavy atom. The summed E-state index contributed by atoms with van der Waals surface area (Å²) in [7, 11) is -3.70. The van der Waals surface area contributed by atoms with Crippen molar-refractivity contribution in [1.29, 1.82) is 0 Å². The highest BCUT2D eigenvalue weighted by Crippen LogP contribution is 2.42. The van der Waals surface area contributed by atoms with Gasteiger partial charge in [0.25, 0.3) is 5.69 Å². The summed E-state index contributed by atoms with van der Waals surface area (Å²) < 4.78 is 27.3. The third-order valence-electron chi connectivity index (χ3n) is 5.53. The lowest BCUT2D eigenvalue weighted by Crippen LogP contribution is -2.35. The molecule has 9 heteroatoms. The molecule has 0 amide bonds. The van der Waals surface area contributed by atoms with Gasteiger partial charge in [-0.2, -0.15) is 4.31 Å². The maximum absolute atomic E-state index is 12.9. The number of sulfonamides is 1. The van der Waals surface area contributed by atoms with E-state index in [9.17, 15) is 18.5 Å². The molecule has 0 spiro atoms. The van der Waals surface area contributed by atoms with E-state index in [4.69, 9.17) is 0 Å². The molecular weight excluding hydrogens is 398 g/mol. The molecule has 1 unspecified atom stereocenters. The van der Waals surface area contributed by atoms with Crippen molar-refractivity contribution in [3.63, 3.8) is 0 Å². The van der Waals surface area contributed by atoms with Crippen LogP contribution in [0, 0.1) is 10.1 Å². The molecule has 2 aliphatic rings. The molecule has 0 radical (unpaired) electrons. The van der Waals surface area contributed by atoms with E-state index in [1.54, 1.807) is 17.4 Å². The summed E-state index contributed by atoms with van der Waals surface area (Å²) in [5.41, 5.74) is 0.361. The molecule has 1 atom stereocenters. The number of hydrogen-bond acceptors (Lipinski definition) is 6. The Morgan fingerprint density at radius 3 is 2.54 bits per heavy atom. The lowest BCUT2D eigenvalue weighted by Gasteiger charge is -2.27. The first-order chi connectivity index (χ1) is 13.5. The van der Waals surface area contributed by atoms with Crippen LogP contribution in [0.5, 0.6) is 0 Å². The van der Waals surface area contributed by atoms with Crippen LogP contribution in [0.15, 0.2) is 40.6 Å². The number of anilines is 1. The standard InChI is InChI=1S/C19H23N3O4S2/c23-22(24)18-14-15(28(25,26)20-10-2-1-3-11-20)8-9-16(18)21-12-4-6-17(21)19-7-5-13-27-19/h5,7-9,13-14,17H,1-4,6,10-12H2. The minimum Gasteiger partial charge on any atom is -0.358 e. The minimum atomic E-state index is -3.70. The van der Waals surface area contributed by atoms with E-state index in [2.05, 4.69) is 6.07 Å². The molecule has 0 bridgehead atoms. The van der Waals surface area contributed by atoms with Gasteiger partial charge in [-0.25, -0.2) is 8.42 Å². The van der Waals surface area contributed by atoms with Gasteiger partial charge in [0.2, 0.25) is 10.0 Å². The SMILES string of the molecule is O=[N+]([O-])c1cc(S(=O)(=O)N2CCCCC2)ccc1N1CCCC1c1cccs1. The summed E-state index contributed by atoms with van der Waals surface area (Å²) in [6.07, 6.45) is 4.56. The lowest BCUT2D eigenvalue weighted by atomic mass is 10.1. The van der Waals surface area contributed by atoms with E-state index in [0.29, 0.717) is 18.8 Å². The van der Waals surface area contributed by atoms with E-state index in [1.807, 2.05) is 16.3 Å². The van der Waals surface area contributed by atoms with Crippen LogP contribution in [0.25, 0.3) is 0 Å². The zero-order valence-corrected chi connectivity index (χ0v) is 17.1. The molecule has 4 rings (SSSR count). The third kappa shape index (κ3) is 3.54. The number of nitro benzene ring substituents is 1. The number of thiophene rings is 1. The Kier molecular flexibility index (Phi) is 5.39. The van der Waals surface area contributed by atoms with Crippen molar-refractivity contribution in [2.24, 2.45) is 0 Å². The first-order valence-corrected chi connectivity index (χ1v) is 11.9. The Morgan fingerprint density at radius 1 is 1.07 bits per heavy atom. The highest BCUT2D eigenvalue weighted by molar-refractivity contribution is 7.89. The first kappa shape index (κ1) is 19.4. The van der Waals surface area contributed by atoms with Gasteiger partial charge in [-0.3, -0.25) is 10.1 Å². The second-order valence-electron chi connectivity index (χ2n) is 7.24. The Labute approximate surface area is 168 Å². The van der Waals surface area contributed by atoms with Gasteiger partial charge in [-0.1, -0.05) is 12.5 Å². The van der Waals surface area contributed by atoms with Crippen LogP contribution in [-0.4, -0.2) is 37.3 Å². The molecular formula is C19H23N3O4S2. The van der Waals surface area contributed by atoms with Crippen molar-refractivity contribution in [3.8, 4) is 0 Å². The van der Waals surface area contributed by atoms with Gasteiger partial charge in [0, 0.05) is 30.6 Å². The van der Waals surface area contributed by atoms with Gasteiger partial charge in [0.15, 0.2) is 0 Å². The second-order valence-corrected chi connectivity index (χ2v) is 10.2. The summed E-state index contributed by atoms with van der Waals surface area (Å²) in [4.78, 5) is 14.6. The molecule has 0 saturated carbocycles. The van der Waals surface area contributed by atoms with Crippen LogP contribution < -0.4 is 4.90 Å². The molecule has 2 saturated heterocycles. The van der Waals surface area contributed by atoms with Crippen LogP contribution in [-0.2, 0) is 10.0 Å². The maximum atomic E-state index is 12.9.